The molecule has 1 unspecified atom stereocenters. The van der Waals surface area contributed by atoms with Crippen LogP contribution in [-0.2, 0) is 9.59 Å². The van der Waals surface area contributed by atoms with Crippen molar-refractivity contribution in [1.29, 1.82) is 0 Å². The number of rotatable bonds is 4. The van der Waals surface area contributed by atoms with Gasteiger partial charge < -0.3 is 0 Å². The summed E-state index contributed by atoms with van der Waals surface area (Å²) >= 11 is 0. The lowest BCUT2D eigenvalue weighted by molar-refractivity contribution is -0.140. The molecule has 78 valence electrons. The minimum Gasteiger partial charge on any atom is -0.272 e. The summed E-state index contributed by atoms with van der Waals surface area (Å²) in [6, 6.07) is 0.0139. The fourth-order valence-electron chi connectivity index (χ4n) is 1.99. The fraction of sp³-hybridized carbons (Fsp3) is 0.636. The highest BCUT2D eigenvalue weighted by atomic mass is 16.2. The monoisotopic (exact) mass is 195 g/mol. The van der Waals surface area contributed by atoms with E-state index in [-0.39, 0.29) is 17.9 Å². The van der Waals surface area contributed by atoms with Gasteiger partial charge in [-0.2, -0.15) is 0 Å². The Morgan fingerprint density at radius 3 is 1.93 bits per heavy atom. The molecular formula is C11H17NO2. The number of imide groups is 1. The van der Waals surface area contributed by atoms with Crippen molar-refractivity contribution in [3.05, 3.63) is 12.2 Å². The van der Waals surface area contributed by atoms with Crippen molar-refractivity contribution >= 4 is 11.8 Å². The Morgan fingerprint density at radius 1 is 1.14 bits per heavy atom. The smallest absolute Gasteiger partial charge is 0.253 e. The number of carbonyl (C=O) groups excluding carboxylic acids is 2. The topological polar surface area (TPSA) is 37.4 Å². The average molecular weight is 195 g/mol. The summed E-state index contributed by atoms with van der Waals surface area (Å²) in [6.07, 6.45) is 4.69. The van der Waals surface area contributed by atoms with Crippen LogP contribution in [0, 0.1) is 5.92 Å². The van der Waals surface area contributed by atoms with Gasteiger partial charge >= 0.3 is 0 Å². The summed E-state index contributed by atoms with van der Waals surface area (Å²) < 4.78 is 0. The van der Waals surface area contributed by atoms with E-state index in [4.69, 9.17) is 0 Å². The van der Waals surface area contributed by atoms with Crippen LogP contribution < -0.4 is 0 Å². The Morgan fingerprint density at radius 2 is 1.57 bits per heavy atom. The van der Waals surface area contributed by atoms with Gasteiger partial charge in [-0.15, -0.1) is 0 Å². The third-order valence-corrected chi connectivity index (χ3v) is 2.98. The molecule has 0 bridgehead atoms. The van der Waals surface area contributed by atoms with Gasteiger partial charge in [0.15, 0.2) is 0 Å². The lowest BCUT2D eigenvalue weighted by Crippen LogP contribution is -2.42. The van der Waals surface area contributed by atoms with Crippen LogP contribution in [0.4, 0.5) is 0 Å². The maximum atomic E-state index is 11.4. The third kappa shape index (κ3) is 1.86. The van der Waals surface area contributed by atoms with Crippen LogP contribution in [0.25, 0.3) is 0 Å². The quantitative estimate of drug-likeness (QED) is 0.641. The predicted octanol–water partition coefficient (Wildman–Crippen LogP) is 1.74. The van der Waals surface area contributed by atoms with E-state index in [2.05, 4.69) is 13.8 Å². The second-order valence-corrected chi connectivity index (χ2v) is 3.70. The first-order chi connectivity index (χ1) is 6.61. The van der Waals surface area contributed by atoms with E-state index in [9.17, 15) is 9.59 Å². The number of hydrogen-bond donors (Lipinski definition) is 0. The SMILES string of the molecule is CCC(CC)C(C)N1C(=O)C=CC1=O. The Labute approximate surface area is 84.8 Å². The van der Waals surface area contributed by atoms with E-state index in [1.54, 1.807) is 0 Å². The summed E-state index contributed by atoms with van der Waals surface area (Å²) in [4.78, 5) is 24.1. The van der Waals surface area contributed by atoms with Gasteiger partial charge in [-0.1, -0.05) is 26.7 Å². The van der Waals surface area contributed by atoms with Crippen LogP contribution in [0.1, 0.15) is 33.6 Å². The van der Waals surface area contributed by atoms with Crippen molar-refractivity contribution in [1.82, 2.24) is 4.90 Å². The molecule has 3 heteroatoms. The summed E-state index contributed by atoms with van der Waals surface area (Å²) in [7, 11) is 0. The molecule has 0 aromatic carbocycles. The predicted molar refractivity (Wildman–Crippen MR) is 54.5 cm³/mol. The van der Waals surface area contributed by atoms with Crippen LogP contribution >= 0.6 is 0 Å². The zero-order valence-electron chi connectivity index (χ0n) is 8.99. The minimum absolute atomic E-state index is 0.0139. The van der Waals surface area contributed by atoms with Crippen molar-refractivity contribution < 1.29 is 9.59 Å². The molecule has 0 radical (unpaired) electrons. The van der Waals surface area contributed by atoms with Gasteiger partial charge in [0.2, 0.25) is 0 Å². The standard InChI is InChI=1S/C11H17NO2/c1-4-9(5-2)8(3)12-10(13)6-7-11(12)14/h6-9H,4-5H2,1-3H3. The fourth-order valence-corrected chi connectivity index (χ4v) is 1.99. The normalized spacial score (nSPS) is 18.4. The van der Waals surface area contributed by atoms with Gasteiger partial charge in [-0.05, 0) is 12.8 Å². The van der Waals surface area contributed by atoms with Crippen LogP contribution in [0.15, 0.2) is 12.2 Å². The van der Waals surface area contributed by atoms with E-state index in [0.29, 0.717) is 5.92 Å². The van der Waals surface area contributed by atoms with E-state index in [1.165, 1.54) is 17.1 Å². The molecule has 0 saturated carbocycles. The Bertz CT molecular complexity index is 248. The zero-order chi connectivity index (χ0) is 10.7. The number of carbonyl (C=O) groups is 2. The van der Waals surface area contributed by atoms with E-state index < -0.39 is 0 Å². The van der Waals surface area contributed by atoms with Gasteiger partial charge in [-0.3, -0.25) is 14.5 Å². The summed E-state index contributed by atoms with van der Waals surface area (Å²) in [5.41, 5.74) is 0. The van der Waals surface area contributed by atoms with E-state index in [1.807, 2.05) is 6.92 Å². The Balaban J connectivity index is 2.73. The van der Waals surface area contributed by atoms with Gasteiger partial charge in [0, 0.05) is 18.2 Å². The number of nitrogens with zero attached hydrogens (tertiary/aromatic N) is 1. The summed E-state index contributed by atoms with van der Waals surface area (Å²) in [6.45, 7) is 6.12. The second kappa shape index (κ2) is 4.40. The van der Waals surface area contributed by atoms with E-state index in [0.717, 1.165) is 12.8 Å². The molecular weight excluding hydrogens is 178 g/mol. The third-order valence-electron chi connectivity index (χ3n) is 2.98. The Kier molecular flexibility index (Phi) is 3.44. The van der Waals surface area contributed by atoms with Crippen molar-refractivity contribution in [3.63, 3.8) is 0 Å². The molecule has 0 N–H and O–H groups in total. The molecule has 1 atom stereocenters. The molecule has 3 nitrogen and oxygen atoms in total. The molecule has 1 rings (SSSR count). The lowest BCUT2D eigenvalue weighted by Gasteiger charge is -2.29. The number of amides is 2. The largest absolute Gasteiger partial charge is 0.272 e. The van der Waals surface area contributed by atoms with Crippen molar-refractivity contribution in [2.75, 3.05) is 0 Å². The highest BCUT2D eigenvalue weighted by Gasteiger charge is 2.31. The van der Waals surface area contributed by atoms with Gasteiger partial charge in [-0.25, -0.2) is 0 Å². The molecule has 14 heavy (non-hydrogen) atoms. The first-order valence-electron chi connectivity index (χ1n) is 5.17. The molecule has 1 aliphatic heterocycles. The first-order valence-corrected chi connectivity index (χ1v) is 5.17. The van der Waals surface area contributed by atoms with Crippen LogP contribution in [0.5, 0.6) is 0 Å². The van der Waals surface area contributed by atoms with Crippen LogP contribution in [0.2, 0.25) is 0 Å². The van der Waals surface area contributed by atoms with E-state index >= 15 is 0 Å². The molecule has 0 spiro atoms. The highest BCUT2D eigenvalue weighted by molar-refractivity contribution is 6.13. The molecule has 1 heterocycles. The van der Waals surface area contributed by atoms with Gasteiger partial charge in [0.1, 0.15) is 0 Å². The van der Waals surface area contributed by atoms with Gasteiger partial charge in [0.05, 0.1) is 0 Å². The van der Waals surface area contributed by atoms with Crippen LogP contribution in [-0.4, -0.2) is 22.8 Å². The molecule has 0 aliphatic carbocycles. The Hall–Kier alpha value is -1.12. The van der Waals surface area contributed by atoms with Crippen molar-refractivity contribution in [3.8, 4) is 0 Å². The molecule has 0 saturated heterocycles. The van der Waals surface area contributed by atoms with Crippen molar-refractivity contribution in [2.45, 2.75) is 39.7 Å². The zero-order valence-corrected chi connectivity index (χ0v) is 8.99. The van der Waals surface area contributed by atoms with Crippen LogP contribution in [0.3, 0.4) is 0 Å². The minimum atomic E-state index is -0.172. The molecule has 2 amide bonds. The molecule has 0 aromatic rings. The molecule has 0 fully saturated rings. The maximum absolute atomic E-state index is 11.4. The summed E-state index contributed by atoms with van der Waals surface area (Å²) in [5, 5.41) is 0. The van der Waals surface area contributed by atoms with Gasteiger partial charge in [0.25, 0.3) is 11.8 Å². The summed E-state index contributed by atoms with van der Waals surface area (Å²) in [5.74, 6) is 0.0617. The number of hydrogen-bond acceptors (Lipinski definition) is 2. The highest BCUT2D eigenvalue weighted by Crippen LogP contribution is 2.21. The molecule has 0 aromatic heterocycles. The maximum Gasteiger partial charge on any atom is 0.253 e. The molecule has 1 aliphatic rings. The second-order valence-electron chi connectivity index (χ2n) is 3.70. The van der Waals surface area contributed by atoms with Crippen molar-refractivity contribution in [2.24, 2.45) is 5.92 Å². The first kappa shape index (κ1) is 11.0. The lowest BCUT2D eigenvalue weighted by atomic mass is 9.94. The average Bonchev–Trinajstić information content (AvgIpc) is 2.48.